The van der Waals surface area contributed by atoms with Crippen LogP contribution in [0.2, 0.25) is 0 Å². The van der Waals surface area contributed by atoms with Crippen LogP contribution in [0.5, 0.6) is 0 Å². The first-order valence-corrected chi connectivity index (χ1v) is 22.1. The maximum atomic E-state index is 13.0. The predicted molar refractivity (Wildman–Crippen MR) is 223 cm³/mol. The van der Waals surface area contributed by atoms with Gasteiger partial charge in [0.25, 0.3) is 36.3 Å². The van der Waals surface area contributed by atoms with Gasteiger partial charge in [-0.1, -0.05) is 36.0 Å². The van der Waals surface area contributed by atoms with E-state index in [-0.39, 0.29) is 38.8 Å². The summed E-state index contributed by atoms with van der Waals surface area (Å²) in [6.07, 6.45) is 3.50. The third kappa shape index (κ3) is 9.16. The van der Waals surface area contributed by atoms with Crippen LogP contribution in [-0.4, -0.2) is 67.8 Å². The Morgan fingerprint density at radius 1 is 0.600 bits per heavy atom. The molecule has 21 heteroatoms. The molecule has 0 saturated heterocycles. The summed E-state index contributed by atoms with van der Waals surface area (Å²) in [5.41, 5.74) is 6.82. The van der Waals surface area contributed by atoms with Crippen LogP contribution in [0.1, 0.15) is 37.4 Å². The minimum Gasteiger partial charge on any atom is -0.322 e. The number of Topliss-reactive ketones (excluding diaryl/α,β-unsaturated/α-hetero) is 2. The van der Waals surface area contributed by atoms with E-state index in [0.29, 0.717) is 22.6 Å². The molecule has 0 radical (unpaired) electrons. The Hall–Kier alpha value is -6.59. The number of hydrogen-bond donors (Lipinski definition) is 6. The van der Waals surface area contributed by atoms with Crippen LogP contribution >= 0.6 is 11.8 Å². The molecule has 0 aromatic heterocycles. The van der Waals surface area contributed by atoms with E-state index in [9.17, 15) is 53.3 Å². The molecule has 0 bridgehead atoms. The summed E-state index contributed by atoms with van der Waals surface area (Å²) in [4.78, 5) is 38.5. The van der Waals surface area contributed by atoms with Crippen LogP contribution in [0.3, 0.4) is 0 Å². The van der Waals surface area contributed by atoms with Crippen LogP contribution in [0.25, 0.3) is 12.2 Å². The molecule has 17 nitrogen and oxygen atoms in total. The summed E-state index contributed by atoms with van der Waals surface area (Å²) >= 11 is 1.40. The van der Waals surface area contributed by atoms with E-state index in [4.69, 9.17) is 0 Å². The van der Waals surface area contributed by atoms with Crippen molar-refractivity contribution in [1.29, 1.82) is 0 Å². The maximum absolute atomic E-state index is 13.0. The van der Waals surface area contributed by atoms with Crippen molar-refractivity contribution >= 4 is 100 Å². The van der Waals surface area contributed by atoms with Crippen molar-refractivity contribution in [3.05, 3.63) is 148 Å². The second-order valence-corrected chi connectivity index (χ2v) is 18.1. The minimum absolute atomic E-state index is 0.00159. The Kier molecular flexibility index (Phi) is 11.2. The first-order valence-electron chi connectivity index (χ1n) is 17.0. The molecule has 60 heavy (non-hydrogen) atoms. The SMILES string of the molecule is O=C1C(S(=O)(=O)O)=Cc2cc(S(=O)(=O)O)ccc2/C1=N/Nc1ccc(Sc2ccc(NC(=O)c3ccc(N/N=C4\C=Cc5c(cccc5S(=O)(=O)O)C4=O)cc3)cc2)cc1. The topological polar surface area (TPSA) is 275 Å². The lowest BCUT2D eigenvalue weighted by Gasteiger charge is -2.17. The van der Waals surface area contributed by atoms with Crippen LogP contribution < -0.4 is 16.2 Å². The highest BCUT2D eigenvalue weighted by Crippen LogP contribution is 2.31. The third-order valence-electron chi connectivity index (χ3n) is 8.76. The zero-order valence-electron chi connectivity index (χ0n) is 30.2. The third-order valence-corrected chi connectivity index (χ3v) is 12.4. The monoisotopic (exact) mass is 885 g/mol. The van der Waals surface area contributed by atoms with E-state index >= 15 is 0 Å². The molecular formula is C39H27N5O12S4. The second-order valence-electron chi connectivity index (χ2n) is 12.8. The first kappa shape index (κ1) is 41.6. The summed E-state index contributed by atoms with van der Waals surface area (Å²) in [5.74, 6) is -2.07. The van der Waals surface area contributed by atoms with Gasteiger partial charge in [-0.3, -0.25) is 38.9 Å². The number of nitrogens with one attached hydrogen (secondary N) is 3. The highest BCUT2D eigenvalue weighted by atomic mass is 32.2. The molecule has 5 aromatic carbocycles. The molecule has 0 atom stereocenters. The average Bonchev–Trinajstić information content (AvgIpc) is 3.20. The van der Waals surface area contributed by atoms with E-state index in [1.807, 2.05) is 0 Å². The Labute approximate surface area is 345 Å². The number of fused-ring (bicyclic) bond motifs is 2. The van der Waals surface area contributed by atoms with Gasteiger partial charge in [0.05, 0.1) is 16.3 Å². The van der Waals surface area contributed by atoms with Crippen molar-refractivity contribution < 1.29 is 53.3 Å². The number of amides is 1. The lowest BCUT2D eigenvalue weighted by Crippen LogP contribution is -2.27. The van der Waals surface area contributed by atoms with Crippen LogP contribution in [0, 0.1) is 0 Å². The van der Waals surface area contributed by atoms with E-state index < -0.39 is 57.4 Å². The number of rotatable bonds is 11. The molecular weight excluding hydrogens is 859 g/mol. The van der Waals surface area contributed by atoms with E-state index in [2.05, 4.69) is 26.4 Å². The van der Waals surface area contributed by atoms with Crippen molar-refractivity contribution in [1.82, 2.24) is 0 Å². The minimum atomic E-state index is -5.02. The highest BCUT2D eigenvalue weighted by Gasteiger charge is 2.34. The quantitative estimate of drug-likeness (QED) is 0.0667. The molecule has 2 aliphatic carbocycles. The molecule has 7 rings (SSSR count). The summed E-state index contributed by atoms with van der Waals surface area (Å²) < 4.78 is 98.9. The van der Waals surface area contributed by atoms with Gasteiger partial charge in [0.1, 0.15) is 21.2 Å². The van der Waals surface area contributed by atoms with Crippen LogP contribution in [0.15, 0.2) is 150 Å². The number of hydrazone groups is 2. The number of benzene rings is 5. The number of nitrogens with zero attached hydrogens (tertiary/aromatic N) is 2. The maximum Gasteiger partial charge on any atom is 0.298 e. The zero-order valence-corrected chi connectivity index (χ0v) is 33.4. The van der Waals surface area contributed by atoms with Crippen molar-refractivity contribution in [2.24, 2.45) is 10.2 Å². The fourth-order valence-electron chi connectivity index (χ4n) is 5.87. The van der Waals surface area contributed by atoms with Gasteiger partial charge in [-0.15, -0.1) is 0 Å². The van der Waals surface area contributed by atoms with Crippen molar-refractivity contribution in [2.45, 2.75) is 19.6 Å². The van der Waals surface area contributed by atoms with Gasteiger partial charge in [0.2, 0.25) is 11.6 Å². The molecule has 0 aliphatic heterocycles. The molecule has 0 unspecified atom stereocenters. The molecule has 5 aromatic rings. The van der Waals surface area contributed by atoms with E-state index in [0.717, 1.165) is 28.0 Å². The van der Waals surface area contributed by atoms with Crippen molar-refractivity contribution in [3.63, 3.8) is 0 Å². The number of anilines is 3. The smallest absolute Gasteiger partial charge is 0.298 e. The molecule has 0 fully saturated rings. The van der Waals surface area contributed by atoms with Crippen molar-refractivity contribution in [3.8, 4) is 0 Å². The van der Waals surface area contributed by atoms with Gasteiger partial charge < -0.3 is 5.32 Å². The number of carbonyl (C=O) groups is 3. The lowest BCUT2D eigenvalue weighted by atomic mass is 9.94. The average molecular weight is 886 g/mol. The van der Waals surface area contributed by atoms with E-state index in [1.165, 1.54) is 48.2 Å². The van der Waals surface area contributed by atoms with E-state index in [1.54, 1.807) is 72.8 Å². The summed E-state index contributed by atoms with van der Waals surface area (Å²) in [7, 11) is -14.2. The fourth-order valence-corrected chi connectivity index (χ4v) is 8.52. The van der Waals surface area contributed by atoms with Gasteiger partial charge in [-0.2, -0.15) is 35.5 Å². The Morgan fingerprint density at radius 3 is 1.80 bits per heavy atom. The largest absolute Gasteiger partial charge is 0.322 e. The van der Waals surface area contributed by atoms with Gasteiger partial charge >= 0.3 is 0 Å². The van der Waals surface area contributed by atoms with Gasteiger partial charge in [0, 0.05) is 37.7 Å². The lowest BCUT2D eigenvalue weighted by molar-refractivity contribution is -0.109. The van der Waals surface area contributed by atoms with Crippen molar-refractivity contribution in [2.75, 3.05) is 16.2 Å². The molecule has 2 aliphatic rings. The number of hydrogen-bond acceptors (Lipinski definition) is 14. The standard InChI is InChI=1S/C39H27N5O12S4/c45-37-32-2-1-3-34(59(51,52)53)31(32)18-19-33(37)43-41-25-6-4-22(5-7-25)39(47)40-24-8-12-27(13-9-24)57-28-14-10-26(11-15-28)42-44-36-30-17-16-29(58(48,49)50)20-23(30)21-35(38(36)46)60(54,55)56/h1-21,41-42H,(H,40,47)(H,48,49,50)(H,51,52,53)(H,54,55,56)/b43-33+,44-36-. The highest BCUT2D eigenvalue weighted by molar-refractivity contribution is 7.99. The van der Waals surface area contributed by atoms with Gasteiger partial charge in [-0.05, 0) is 109 Å². The summed E-state index contributed by atoms with van der Waals surface area (Å²) in [5, 5.41) is 11.0. The Morgan fingerprint density at radius 2 is 1.20 bits per heavy atom. The summed E-state index contributed by atoms with van der Waals surface area (Å²) in [6.45, 7) is 0. The van der Waals surface area contributed by atoms with Crippen LogP contribution in [0.4, 0.5) is 17.1 Å². The first-order chi connectivity index (χ1) is 28.3. The molecule has 0 saturated carbocycles. The second kappa shape index (κ2) is 16.2. The normalized spacial score (nSPS) is 15.3. The van der Waals surface area contributed by atoms with Gasteiger partial charge in [-0.25, -0.2) is 0 Å². The summed E-state index contributed by atoms with van der Waals surface area (Å²) in [6, 6.07) is 27.2. The fraction of sp³-hybridized carbons (Fsp3) is 0. The zero-order chi connectivity index (χ0) is 43.0. The Bertz CT molecular complexity index is 3090. The number of allylic oxidation sites excluding steroid dienone is 2. The van der Waals surface area contributed by atoms with Crippen LogP contribution in [-0.2, 0) is 35.1 Å². The number of ketones is 2. The molecule has 0 heterocycles. The predicted octanol–water partition coefficient (Wildman–Crippen LogP) is 5.89. The van der Waals surface area contributed by atoms with Gasteiger partial charge in [0.15, 0.2) is 0 Å². The molecule has 0 spiro atoms. The number of carbonyl (C=O) groups excluding carboxylic acids is 3. The molecule has 6 N–H and O–H groups in total. The molecule has 1 amide bonds. The molecule has 304 valence electrons. The Balaban J connectivity index is 0.947.